The highest BCUT2D eigenvalue weighted by molar-refractivity contribution is 6.02. The van der Waals surface area contributed by atoms with E-state index in [0.717, 1.165) is 5.56 Å². The van der Waals surface area contributed by atoms with Crippen molar-refractivity contribution in [3.8, 4) is 11.5 Å². The Kier molecular flexibility index (Phi) is 5.01. The first kappa shape index (κ1) is 16.5. The fraction of sp³-hybridized carbons (Fsp3) is 0.222. The van der Waals surface area contributed by atoms with E-state index in [4.69, 9.17) is 9.47 Å². The van der Waals surface area contributed by atoms with Gasteiger partial charge in [-0.05, 0) is 26.0 Å². The molecule has 120 valence electrons. The van der Waals surface area contributed by atoms with E-state index < -0.39 is 12.1 Å². The van der Waals surface area contributed by atoms with Gasteiger partial charge in [0.25, 0.3) is 0 Å². The van der Waals surface area contributed by atoms with Gasteiger partial charge >= 0.3 is 5.97 Å². The molecule has 5 nitrogen and oxygen atoms in total. The van der Waals surface area contributed by atoms with Crippen molar-refractivity contribution in [2.75, 3.05) is 7.11 Å². The number of hydrogen-bond donors (Lipinski definition) is 1. The lowest BCUT2D eigenvalue weighted by Gasteiger charge is -2.14. The van der Waals surface area contributed by atoms with Crippen LogP contribution in [0.2, 0.25) is 0 Å². The van der Waals surface area contributed by atoms with Crippen LogP contribution in [0.1, 0.15) is 33.2 Å². The number of phenolic OH excluding ortho intramolecular Hbond substituents is 1. The smallest absolute Gasteiger partial charge is 0.342 e. The van der Waals surface area contributed by atoms with Gasteiger partial charge in [0.2, 0.25) is 5.78 Å². The predicted octanol–water partition coefficient (Wildman–Crippen LogP) is 3.14. The van der Waals surface area contributed by atoms with Crippen LogP contribution in [0.5, 0.6) is 11.5 Å². The molecule has 5 heteroatoms. The highest BCUT2D eigenvalue weighted by Gasteiger charge is 2.23. The van der Waals surface area contributed by atoms with Crippen LogP contribution in [0.3, 0.4) is 0 Å². The van der Waals surface area contributed by atoms with Crippen LogP contribution in [0, 0.1) is 6.92 Å². The summed E-state index contributed by atoms with van der Waals surface area (Å²) in [6.07, 6.45) is -0.962. The number of rotatable bonds is 5. The Balaban J connectivity index is 2.13. The van der Waals surface area contributed by atoms with Gasteiger partial charge in [-0.3, -0.25) is 4.79 Å². The van der Waals surface area contributed by atoms with Crippen LogP contribution in [0.15, 0.2) is 42.5 Å². The molecule has 0 amide bonds. The molecule has 23 heavy (non-hydrogen) atoms. The summed E-state index contributed by atoms with van der Waals surface area (Å²) < 4.78 is 10.1. The molecule has 0 bridgehead atoms. The minimum Gasteiger partial charge on any atom is -0.504 e. The fourth-order valence-corrected chi connectivity index (χ4v) is 2.08. The van der Waals surface area contributed by atoms with E-state index in [1.54, 1.807) is 18.2 Å². The molecule has 1 N–H and O–H groups in total. The summed E-state index contributed by atoms with van der Waals surface area (Å²) in [5.41, 5.74) is 1.45. The zero-order valence-corrected chi connectivity index (χ0v) is 13.2. The van der Waals surface area contributed by atoms with Crippen LogP contribution < -0.4 is 4.74 Å². The maximum Gasteiger partial charge on any atom is 0.342 e. The number of carbonyl (C=O) groups is 2. The van der Waals surface area contributed by atoms with Gasteiger partial charge in [0.05, 0.1) is 7.11 Å². The van der Waals surface area contributed by atoms with Crippen LogP contribution in [-0.4, -0.2) is 30.1 Å². The quantitative estimate of drug-likeness (QED) is 0.678. The molecule has 0 aliphatic heterocycles. The number of aryl methyl sites for hydroxylation is 1. The standard InChI is InChI=1S/C18H18O5/c1-11-7-9-13(10-8-11)16(19)12(2)23-18(21)14-5-4-6-15(22-3)17(14)20/h4-10,12,20H,1-3H3. The van der Waals surface area contributed by atoms with Crippen LogP contribution >= 0.6 is 0 Å². The highest BCUT2D eigenvalue weighted by Crippen LogP contribution is 2.30. The van der Waals surface area contributed by atoms with Gasteiger partial charge in [-0.15, -0.1) is 0 Å². The van der Waals surface area contributed by atoms with E-state index in [2.05, 4.69) is 0 Å². The maximum atomic E-state index is 12.3. The van der Waals surface area contributed by atoms with Crippen molar-refractivity contribution >= 4 is 11.8 Å². The number of carbonyl (C=O) groups excluding carboxylic acids is 2. The number of hydrogen-bond acceptors (Lipinski definition) is 5. The molecule has 0 heterocycles. The highest BCUT2D eigenvalue weighted by atomic mass is 16.5. The Bertz CT molecular complexity index is 719. The van der Waals surface area contributed by atoms with Crippen LogP contribution in [-0.2, 0) is 4.74 Å². The van der Waals surface area contributed by atoms with Crippen LogP contribution in [0.4, 0.5) is 0 Å². The van der Waals surface area contributed by atoms with Crippen LogP contribution in [0.25, 0.3) is 0 Å². The molecule has 0 fully saturated rings. The molecule has 0 aromatic heterocycles. The molecule has 0 saturated carbocycles. The largest absolute Gasteiger partial charge is 0.504 e. The van der Waals surface area contributed by atoms with E-state index in [1.165, 1.54) is 26.2 Å². The zero-order chi connectivity index (χ0) is 17.0. The first-order valence-corrected chi connectivity index (χ1v) is 7.12. The van der Waals surface area contributed by atoms with Gasteiger partial charge < -0.3 is 14.6 Å². The van der Waals surface area contributed by atoms with Crippen molar-refractivity contribution < 1.29 is 24.2 Å². The number of benzene rings is 2. The minimum absolute atomic E-state index is 0.0482. The molecule has 0 saturated heterocycles. The number of phenols is 1. The van der Waals surface area contributed by atoms with Crippen molar-refractivity contribution in [1.82, 2.24) is 0 Å². The minimum atomic E-state index is -0.962. The number of aromatic hydroxyl groups is 1. The summed E-state index contributed by atoms with van der Waals surface area (Å²) in [5, 5.41) is 9.95. The molecule has 0 radical (unpaired) electrons. The third kappa shape index (κ3) is 3.69. The van der Waals surface area contributed by atoms with Gasteiger partial charge in [-0.2, -0.15) is 0 Å². The summed E-state index contributed by atoms with van der Waals surface area (Å²) >= 11 is 0. The van der Waals surface area contributed by atoms with E-state index in [-0.39, 0.29) is 22.8 Å². The number of para-hydroxylation sites is 1. The molecule has 0 aliphatic carbocycles. The summed E-state index contributed by atoms with van der Waals surface area (Å²) in [5.74, 6) is -1.23. The van der Waals surface area contributed by atoms with E-state index in [1.807, 2.05) is 19.1 Å². The summed E-state index contributed by atoms with van der Waals surface area (Å²) in [7, 11) is 1.38. The third-order valence-electron chi connectivity index (χ3n) is 3.43. The van der Waals surface area contributed by atoms with Gasteiger partial charge in [-0.1, -0.05) is 35.9 Å². The Hall–Kier alpha value is -2.82. The molecular formula is C18H18O5. The Morgan fingerprint density at radius 3 is 2.35 bits per heavy atom. The molecule has 0 spiro atoms. The first-order valence-electron chi connectivity index (χ1n) is 7.12. The third-order valence-corrected chi connectivity index (χ3v) is 3.43. The summed E-state index contributed by atoms with van der Waals surface area (Å²) in [6, 6.07) is 11.5. The first-order chi connectivity index (χ1) is 10.9. The van der Waals surface area contributed by atoms with Crippen molar-refractivity contribution in [2.45, 2.75) is 20.0 Å². The summed E-state index contributed by atoms with van der Waals surface area (Å²) in [4.78, 5) is 24.4. The van der Waals surface area contributed by atoms with Gasteiger partial charge in [0.15, 0.2) is 17.6 Å². The summed E-state index contributed by atoms with van der Waals surface area (Å²) in [6.45, 7) is 3.42. The second-order valence-electron chi connectivity index (χ2n) is 5.13. The van der Waals surface area contributed by atoms with Crippen molar-refractivity contribution in [3.05, 3.63) is 59.2 Å². The lowest BCUT2D eigenvalue weighted by molar-refractivity contribution is 0.0315. The molecular weight excluding hydrogens is 296 g/mol. The average Bonchev–Trinajstić information content (AvgIpc) is 2.55. The molecule has 1 atom stereocenters. The zero-order valence-electron chi connectivity index (χ0n) is 13.2. The van der Waals surface area contributed by atoms with Gasteiger partial charge in [-0.25, -0.2) is 4.79 Å². The Morgan fingerprint density at radius 1 is 1.09 bits per heavy atom. The predicted molar refractivity (Wildman–Crippen MR) is 85.0 cm³/mol. The monoisotopic (exact) mass is 314 g/mol. The molecule has 2 aromatic rings. The number of Topliss-reactive ketones (excluding diaryl/α,β-unsaturated/α-hetero) is 1. The Morgan fingerprint density at radius 2 is 1.74 bits per heavy atom. The maximum absolute atomic E-state index is 12.3. The number of esters is 1. The van der Waals surface area contributed by atoms with Crippen molar-refractivity contribution in [1.29, 1.82) is 0 Å². The SMILES string of the molecule is COc1cccc(C(=O)OC(C)C(=O)c2ccc(C)cc2)c1O. The van der Waals surface area contributed by atoms with E-state index in [0.29, 0.717) is 5.56 Å². The Labute approximate surface area is 134 Å². The normalized spacial score (nSPS) is 11.6. The molecule has 1 unspecified atom stereocenters. The van der Waals surface area contributed by atoms with Crippen molar-refractivity contribution in [2.24, 2.45) is 0 Å². The molecule has 0 aliphatic rings. The number of ether oxygens (including phenoxy) is 2. The van der Waals surface area contributed by atoms with Gasteiger partial charge in [0, 0.05) is 5.56 Å². The van der Waals surface area contributed by atoms with E-state index in [9.17, 15) is 14.7 Å². The molecule has 2 rings (SSSR count). The lowest BCUT2D eigenvalue weighted by Crippen LogP contribution is -2.24. The average molecular weight is 314 g/mol. The lowest BCUT2D eigenvalue weighted by atomic mass is 10.1. The number of ketones is 1. The number of methoxy groups -OCH3 is 1. The van der Waals surface area contributed by atoms with Crippen molar-refractivity contribution in [3.63, 3.8) is 0 Å². The van der Waals surface area contributed by atoms with E-state index >= 15 is 0 Å². The van der Waals surface area contributed by atoms with Gasteiger partial charge in [0.1, 0.15) is 5.56 Å². The second-order valence-corrected chi connectivity index (χ2v) is 5.13. The topological polar surface area (TPSA) is 72.8 Å². The molecule has 2 aromatic carbocycles. The fourth-order valence-electron chi connectivity index (χ4n) is 2.08. The second kappa shape index (κ2) is 6.96.